The van der Waals surface area contributed by atoms with Gasteiger partial charge in [-0.2, -0.15) is 0 Å². The van der Waals surface area contributed by atoms with Crippen LogP contribution in [0.25, 0.3) is 0 Å². The van der Waals surface area contributed by atoms with Crippen LogP contribution >= 0.6 is 11.6 Å². The number of aromatic amines is 1. The highest BCUT2D eigenvalue weighted by Gasteiger charge is 2.25. The van der Waals surface area contributed by atoms with Gasteiger partial charge in [-0.25, -0.2) is 0 Å². The van der Waals surface area contributed by atoms with Crippen molar-refractivity contribution >= 4 is 23.4 Å². The normalized spacial score (nSPS) is 16.3. The quantitative estimate of drug-likeness (QED) is 0.791. The average molecular weight is 346 g/mol. The lowest BCUT2D eigenvalue weighted by Crippen LogP contribution is -2.34. The van der Waals surface area contributed by atoms with Crippen molar-refractivity contribution in [1.29, 1.82) is 0 Å². The molecular weight excluding hydrogens is 330 g/mol. The molecule has 1 aliphatic carbocycles. The van der Waals surface area contributed by atoms with Crippen LogP contribution in [0, 0.1) is 0 Å². The van der Waals surface area contributed by atoms with Crippen LogP contribution in [0.15, 0.2) is 35.1 Å². The van der Waals surface area contributed by atoms with Gasteiger partial charge in [0, 0.05) is 5.69 Å². The van der Waals surface area contributed by atoms with E-state index in [1.54, 1.807) is 24.3 Å². The Hall–Kier alpha value is -2.60. The predicted octanol–water partition coefficient (Wildman–Crippen LogP) is 1.93. The molecule has 0 spiro atoms. The Labute approximate surface area is 143 Å². The number of aryl methyl sites for hydroxylation is 1. The number of primary amides is 1. The zero-order valence-electron chi connectivity index (χ0n) is 12.8. The molecule has 124 valence electrons. The number of hydrogen-bond donors (Lipinski definition) is 3. The monoisotopic (exact) mass is 345 g/mol. The lowest BCUT2D eigenvalue weighted by atomic mass is 9.90. The van der Waals surface area contributed by atoms with Crippen molar-refractivity contribution in [2.24, 2.45) is 5.73 Å². The van der Waals surface area contributed by atoms with Gasteiger partial charge in [-0.3, -0.25) is 14.4 Å². The second kappa shape index (κ2) is 6.49. The number of hydrogen-bond acceptors (Lipinski definition) is 3. The van der Waals surface area contributed by atoms with E-state index in [-0.39, 0.29) is 17.5 Å². The summed E-state index contributed by atoms with van der Waals surface area (Å²) in [7, 11) is 0. The van der Waals surface area contributed by atoms with Gasteiger partial charge in [0.2, 0.25) is 0 Å². The molecule has 7 heteroatoms. The molecule has 1 aromatic heterocycles. The van der Waals surface area contributed by atoms with Crippen LogP contribution < -0.4 is 16.6 Å². The van der Waals surface area contributed by atoms with E-state index < -0.39 is 11.5 Å². The molecule has 0 saturated heterocycles. The Bertz CT molecular complexity index is 876. The van der Waals surface area contributed by atoms with Gasteiger partial charge < -0.3 is 16.0 Å². The van der Waals surface area contributed by atoms with Gasteiger partial charge in [-0.05, 0) is 43.0 Å². The molecule has 1 aliphatic rings. The molecule has 1 aromatic carbocycles. The zero-order valence-corrected chi connectivity index (χ0v) is 13.5. The number of rotatable bonds is 3. The molecule has 3 rings (SSSR count). The minimum atomic E-state index is -0.791. The van der Waals surface area contributed by atoms with E-state index in [0.29, 0.717) is 23.4 Å². The Morgan fingerprint density at radius 1 is 1.25 bits per heavy atom. The maximum absolute atomic E-state index is 12.5. The van der Waals surface area contributed by atoms with E-state index in [1.165, 1.54) is 6.07 Å². The summed E-state index contributed by atoms with van der Waals surface area (Å²) in [6, 6.07) is 7.94. The molecule has 0 bridgehead atoms. The molecule has 1 atom stereocenters. The van der Waals surface area contributed by atoms with Crippen LogP contribution in [0.1, 0.15) is 50.9 Å². The van der Waals surface area contributed by atoms with Crippen molar-refractivity contribution in [3.05, 3.63) is 68.1 Å². The molecule has 2 amide bonds. The van der Waals surface area contributed by atoms with Gasteiger partial charge in [0.1, 0.15) is 5.56 Å². The van der Waals surface area contributed by atoms with Gasteiger partial charge in [-0.15, -0.1) is 0 Å². The van der Waals surface area contributed by atoms with Crippen molar-refractivity contribution < 1.29 is 9.59 Å². The number of carbonyl (C=O) groups excluding carboxylic acids is 2. The highest BCUT2D eigenvalue weighted by Crippen LogP contribution is 2.29. The predicted molar refractivity (Wildman–Crippen MR) is 90.2 cm³/mol. The van der Waals surface area contributed by atoms with Crippen LogP contribution in [0.4, 0.5) is 0 Å². The SMILES string of the molecule is NC(=O)c1cc2c([nH]c1=O)CCCC2NC(=O)c1ccccc1Cl. The third kappa shape index (κ3) is 3.05. The first-order valence-electron chi connectivity index (χ1n) is 7.58. The lowest BCUT2D eigenvalue weighted by Gasteiger charge is -2.26. The average Bonchev–Trinajstić information content (AvgIpc) is 2.54. The summed E-state index contributed by atoms with van der Waals surface area (Å²) in [5.41, 5.74) is 6.46. The van der Waals surface area contributed by atoms with Gasteiger partial charge in [0.25, 0.3) is 17.4 Å². The Kier molecular flexibility index (Phi) is 4.40. The van der Waals surface area contributed by atoms with Crippen molar-refractivity contribution in [1.82, 2.24) is 10.3 Å². The van der Waals surface area contributed by atoms with E-state index in [9.17, 15) is 14.4 Å². The topological polar surface area (TPSA) is 105 Å². The fourth-order valence-corrected chi connectivity index (χ4v) is 3.18. The van der Waals surface area contributed by atoms with Gasteiger partial charge in [0.15, 0.2) is 0 Å². The van der Waals surface area contributed by atoms with Crippen molar-refractivity contribution in [3.8, 4) is 0 Å². The van der Waals surface area contributed by atoms with E-state index in [1.807, 2.05) is 0 Å². The first-order valence-corrected chi connectivity index (χ1v) is 7.96. The summed E-state index contributed by atoms with van der Waals surface area (Å²) in [6.07, 6.45) is 2.20. The molecular formula is C17H16ClN3O3. The van der Waals surface area contributed by atoms with E-state index in [2.05, 4.69) is 10.3 Å². The molecule has 0 radical (unpaired) electrons. The standard InChI is InChI=1S/C17H16ClN3O3/c18-12-5-2-1-4-9(12)16(23)20-13-6-3-7-14-10(13)8-11(15(19)22)17(24)21-14/h1-2,4-5,8,13H,3,6-7H2,(H2,19,22)(H,20,23)(H,21,24). The van der Waals surface area contributed by atoms with Gasteiger partial charge in [-0.1, -0.05) is 23.7 Å². The van der Waals surface area contributed by atoms with Gasteiger partial charge in [0.05, 0.1) is 16.6 Å². The fourth-order valence-electron chi connectivity index (χ4n) is 2.96. The molecule has 0 fully saturated rings. The molecule has 1 heterocycles. The number of nitrogens with two attached hydrogens (primary N) is 1. The first kappa shape index (κ1) is 16.3. The Balaban J connectivity index is 1.93. The number of fused-ring (bicyclic) bond motifs is 1. The van der Waals surface area contributed by atoms with Crippen molar-refractivity contribution in [3.63, 3.8) is 0 Å². The number of H-pyrrole nitrogens is 1. The summed E-state index contributed by atoms with van der Waals surface area (Å²) in [5, 5.41) is 3.29. The molecule has 6 nitrogen and oxygen atoms in total. The molecule has 0 saturated carbocycles. The van der Waals surface area contributed by atoms with Crippen LogP contribution in [-0.4, -0.2) is 16.8 Å². The van der Waals surface area contributed by atoms with Crippen LogP contribution in [-0.2, 0) is 6.42 Å². The fraction of sp³-hybridized carbons (Fsp3) is 0.235. The largest absolute Gasteiger partial charge is 0.365 e. The molecule has 2 aromatic rings. The number of nitrogens with one attached hydrogen (secondary N) is 2. The highest BCUT2D eigenvalue weighted by molar-refractivity contribution is 6.33. The summed E-state index contributed by atoms with van der Waals surface area (Å²) in [5.74, 6) is -1.09. The Morgan fingerprint density at radius 3 is 2.71 bits per heavy atom. The third-order valence-electron chi connectivity index (χ3n) is 4.14. The number of benzene rings is 1. The minimum Gasteiger partial charge on any atom is -0.365 e. The Morgan fingerprint density at radius 2 is 2.00 bits per heavy atom. The highest BCUT2D eigenvalue weighted by atomic mass is 35.5. The molecule has 24 heavy (non-hydrogen) atoms. The third-order valence-corrected chi connectivity index (χ3v) is 4.47. The van der Waals surface area contributed by atoms with Gasteiger partial charge >= 0.3 is 0 Å². The summed E-state index contributed by atoms with van der Waals surface area (Å²) >= 11 is 6.06. The second-order valence-electron chi connectivity index (χ2n) is 5.71. The summed E-state index contributed by atoms with van der Waals surface area (Å²) in [6.45, 7) is 0. The zero-order chi connectivity index (χ0) is 17.3. The summed E-state index contributed by atoms with van der Waals surface area (Å²) in [4.78, 5) is 38.4. The maximum Gasteiger partial charge on any atom is 0.261 e. The van der Waals surface area contributed by atoms with E-state index in [4.69, 9.17) is 17.3 Å². The molecule has 4 N–H and O–H groups in total. The molecule has 1 unspecified atom stereocenters. The number of halogens is 1. The smallest absolute Gasteiger partial charge is 0.261 e. The number of aromatic nitrogens is 1. The number of pyridine rings is 1. The second-order valence-corrected chi connectivity index (χ2v) is 6.12. The number of carbonyl (C=O) groups is 2. The van der Waals surface area contributed by atoms with E-state index in [0.717, 1.165) is 17.7 Å². The van der Waals surface area contributed by atoms with Crippen molar-refractivity contribution in [2.75, 3.05) is 0 Å². The van der Waals surface area contributed by atoms with Crippen LogP contribution in [0.3, 0.4) is 0 Å². The number of amides is 2. The van der Waals surface area contributed by atoms with Crippen molar-refractivity contribution in [2.45, 2.75) is 25.3 Å². The molecule has 0 aliphatic heterocycles. The lowest BCUT2D eigenvalue weighted by molar-refractivity contribution is 0.0932. The summed E-state index contributed by atoms with van der Waals surface area (Å²) < 4.78 is 0. The van der Waals surface area contributed by atoms with Crippen LogP contribution in [0.2, 0.25) is 5.02 Å². The van der Waals surface area contributed by atoms with E-state index >= 15 is 0 Å². The maximum atomic E-state index is 12.5. The minimum absolute atomic E-state index is 0.104. The van der Waals surface area contributed by atoms with Crippen LogP contribution in [0.5, 0.6) is 0 Å². The first-order chi connectivity index (χ1) is 11.5.